The van der Waals surface area contributed by atoms with Crippen LogP contribution in [0, 0.1) is 13.8 Å². The molecule has 4 aromatic rings. The van der Waals surface area contributed by atoms with E-state index in [2.05, 4.69) is 37.5 Å². The number of anilines is 2. The maximum atomic E-state index is 12.4. The van der Waals surface area contributed by atoms with Gasteiger partial charge in [0, 0.05) is 44.0 Å². The van der Waals surface area contributed by atoms with Crippen LogP contribution in [0.1, 0.15) is 43.3 Å². The van der Waals surface area contributed by atoms with E-state index in [-0.39, 0.29) is 6.03 Å². The standard InChI is InChI=1S/C23H29N9O2S/c1-5-10-32(31-11-9-24-14-31)21-27-15(3)12-18(29-21)20-16(4)28-23(35-20)30-22(33)25-8-7-19-26-13-17(6-2)34-19/h9,11-14H,5-8,10H2,1-4H3,(H2,25,28,30,33). The second kappa shape index (κ2) is 11.1. The van der Waals surface area contributed by atoms with Crippen LogP contribution in [0.25, 0.3) is 10.6 Å². The van der Waals surface area contributed by atoms with Gasteiger partial charge in [-0.2, -0.15) is 0 Å². The summed E-state index contributed by atoms with van der Waals surface area (Å²) >= 11 is 1.38. The Morgan fingerprint density at radius 2 is 2.09 bits per heavy atom. The summed E-state index contributed by atoms with van der Waals surface area (Å²) in [5, 5.41) is 8.10. The third-order valence-corrected chi connectivity index (χ3v) is 6.20. The van der Waals surface area contributed by atoms with Crippen molar-refractivity contribution in [3.8, 4) is 10.6 Å². The fourth-order valence-corrected chi connectivity index (χ4v) is 4.37. The van der Waals surface area contributed by atoms with E-state index in [0.29, 0.717) is 29.9 Å². The summed E-state index contributed by atoms with van der Waals surface area (Å²) in [5.41, 5.74) is 2.38. The van der Waals surface area contributed by atoms with Gasteiger partial charge in [-0.05, 0) is 26.3 Å². The first-order valence-electron chi connectivity index (χ1n) is 11.5. The molecule has 184 valence electrons. The number of oxazole rings is 1. The number of hydrogen-bond donors (Lipinski definition) is 2. The molecule has 4 aromatic heterocycles. The molecule has 0 saturated carbocycles. The van der Waals surface area contributed by atoms with Crippen molar-refractivity contribution in [1.29, 1.82) is 0 Å². The molecule has 0 unspecified atom stereocenters. The van der Waals surface area contributed by atoms with Crippen LogP contribution < -0.4 is 15.6 Å². The lowest BCUT2D eigenvalue weighted by Gasteiger charge is -2.23. The number of aromatic nitrogens is 6. The molecule has 0 fully saturated rings. The number of hydrogen-bond acceptors (Lipinski definition) is 9. The number of amides is 2. The van der Waals surface area contributed by atoms with Crippen molar-refractivity contribution in [2.24, 2.45) is 0 Å². The van der Waals surface area contributed by atoms with Gasteiger partial charge in [-0.15, -0.1) is 0 Å². The van der Waals surface area contributed by atoms with Crippen LogP contribution in [0.4, 0.5) is 15.9 Å². The van der Waals surface area contributed by atoms with Crippen LogP contribution in [-0.2, 0) is 12.8 Å². The van der Waals surface area contributed by atoms with Gasteiger partial charge >= 0.3 is 6.03 Å². The van der Waals surface area contributed by atoms with Crippen molar-refractivity contribution in [3.05, 3.63) is 54.0 Å². The number of aryl methyl sites for hydroxylation is 3. The lowest BCUT2D eigenvalue weighted by Crippen LogP contribution is -2.31. The third kappa shape index (κ3) is 6.01. The van der Waals surface area contributed by atoms with E-state index in [0.717, 1.165) is 47.1 Å². The normalized spacial score (nSPS) is 11.0. The molecule has 11 nitrogen and oxygen atoms in total. The first kappa shape index (κ1) is 24.3. The number of rotatable bonds is 10. The molecule has 0 radical (unpaired) electrons. The van der Waals surface area contributed by atoms with Gasteiger partial charge in [0.1, 0.15) is 12.1 Å². The second-order valence-corrected chi connectivity index (χ2v) is 8.90. The maximum Gasteiger partial charge on any atom is 0.321 e. The molecule has 12 heteroatoms. The van der Waals surface area contributed by atoms with Crippen molar-refractivity contribution < 1.29 is 9.21 Å². The van der Waals surface area contributed by atoms with Gasteiger partial charge in [0.25, 0.3) is 0 Å². The molecular formula is C23H29N9O2S. The molecule has 4 heterocycles. The Labute approximate surface area is 207 Å². The lowest BCUT2D eigenvalue weighted by molar-refractivity contribution is 0.252. The number of nitrogens with zero attached hydrogens (tertiary/aromatic N) is 7. The van der Waals surface area contributed by atoms with E-state index in [4.69, 9.17) is 9.40 Å². The van der Waals surface area contributed by atoms with Crippen molar-refractivity contribution in [1.82, 2.24) is 34.9 Å². The molecule has 0 atom stereocenters. The molecule has 0 saturated heterocycles. The fraction of sp³-hybridized carbons (Fsp3) is 0.391. The Kier molecular flexibility index (Phi) is 7.70. The van der Waals surface area contributed by atoms with Crippen LogP contribution in [0.2, 0.25) is 0 Å². The average Bonchev–Trinajstić information content (AvgIpc) is 3.58. The fourth-order valence-electron chi connectivity index (χ4n) is 3.45. The van der Waals surface area contributed by atoms with Crippen molar-refractivity contribution in [2.75, 3.05) is 23.4 Å². The monoisotopic (exact) mass is 495 g/mol. The molecule has 2 amide bonds. The predicted molar refractivity (Wildman–Crippen MR) is 134 cm³/mol. The van der Waals surface area contributed by atoms with Gasteiger partial charge in [-0.3, -0.25) is 5.32 Å². The summed E-state index contributed by atoms with van der Waals surface area (Å²) in [7, 11) is 0. The highest BCUT2D eigenvalue weighted by Gasteiger charge is 2.18. The lowest BCUT2D eigenvalue weighted by atomic mass is 10.2. The first-order valence-corrected chi connectivity index (χ1v) is 12.4. The number of nitrogens with one attached hydrogen (secondary N) is 2. The van der Waals surface area contributed by atoms with E-state index in [9.17, 15) is 4.79 Å². The zero-order chi connectivity index (χ0) is 24.8. The van der Waals surface area contributed by atoms with Crippen molar-refractivity contribution in [2.45, 2.75) is 47.0 Å². The number of imidazole rings is 1. The topological polar surface area (TPSA) is 127 Å². The SMILES string of the molecule is CCCN(c1nc(C)cc(-c2sc(NC(=O)NCCc3ncc(CC)o3)nc2C)n1)n1ccnc1. The highest BCUT2D eigenvalue weighted by atomic mass is 32.1. The predicted octanol–water partition coefficient (Wildman–Crippen LogP) is 4.01. The number of carbonyl (C=O) groups is 1. The molecule has 0 aliphatic heterocycles. The number of urea groups is 1. The van der Waals surface area contributed by atoms with Gasteiger partial charge in [0.2, 0.25) is 5.95 Å². The van der Waals surface area contributed by atoms with E-state index in [1.54, 1.807) is 18.7 Å². The second-order valence-electron chi connectivity index (χ2n) is 7.90. The molecule has 0 spiro atoms. The summed E-state index contributed by atoms with van der Waals surface area (Å²) in [6.45, 7) is 9.09. The average molecular weight is 496 g/mol. The zero-order valence-electron chi connectivity index (χ0n) is 20.3. The zero-order valence-corrected chi connectivity index (χ0v) is 21.1. The van der Waals surface area contributed by atoms with Crippen LogP contribution in [0.5, 0.6) is 0 Å². The van der Waals surface area contributed by atoms with Crippen LogP contribution in [0.3, 0.4) is 0 Å². The first-order chi connectivity index (χ1) is 17.0. The van der Waals surface area contributed by atoms with Gasteiger partial charge in [0.15, 0.2) is 11.0 Å². The van der Waals surface area contributed by atoms with Gasteiger partial charge in [-0.1, -0.05) is 25.2 Å². The van der Waals surface area contributed by atoms with E-state index in [1.165, 1.54) is 11.3 Å². The minimum absolute atomic E-state index is 0.332. The molecule has 0 aromatic carbocycles. The molecule has 4 rings (SSSR count). The largest absolute Gasteiger partial charge is 0.446 e. The van der Waals surface area contributed by atoms with Crippen LogP contribution in [-0.4, -0.2) is 48.7 Å². The number of carbonyl (C=O) groups excluding carboxylic acids is 1. The Morgan fingerprint density at radius 3 is 2.80 bits per heavy atom. The Balaban J connectivity index is 1.45. The molecule has 0 aliphatic rings. The number of thiazole rings is 1. The highest BCUT2D eigenvalue weighted by Crippen LogP contribution is 2.32. The van der Waals surface area contributed by atoms with Gasteiger partial charge in [-0.25, -0.2) is 39.4 Å². The highest BCUT2D eigenvalue weighted by molar-refractivity contribution is 7.19. The van der Waals surface area contributed by atoms with E-state index >= 15 is 0 Å². The Bertz CT molecular complexity index is 1270. The summed E-state index contributed by atoms with van der Waals surface area (Å²) in [6, 6.07) is 1.59. The smallest absolute Gasteiger partial charge is 0.321 e. The summed E-state index contributed by atoms with van der Waals surface area (Å²) < 4.78 is 7.44. The van der Waals surface area contributed by atoms with Gasteiger partial charge in [0.05, 0.1) is 22.5 Å². The molecule has 2 N–H and O–H groups in total. The van der Waals surface area contributed by atoms with E-state index < -0.39 is 0 Å². The summed E-state index contributed by atoms with van der Waals surface area (Å²) in [6.07, 6.45) is 9.26. The molecule has 0 aliphatic carbocycles. The van der Waals surface area contributed by atoms with E-state index in [1.807, 2.05) is 42.7 Å². The molecular weight excluding hydrogens is 466 g/mol. The van der Waals surface area contributed by atoms with Crippen molar-refractivity contribution >= 4 is 28.4 Å². The molecule has 35 heavy (non-hydrogen) atoms. The van der Waals surface area contributed by atoms with Crippen LogP contribution in [0.15, 0.2) is 35.4 Å². The third-order valence-electron chi connectivity index (χ3n) is 5.10. The minimum atomic E-state index is -0.332. The van der Waals surface area contributed by atoms with Crippen molar-refractivity contribution in [3.63, 3.8) is 0 Å². The quantitative estimate of drug-likeness (QED) is 0.338. The van der Waals surface area contributed by atoms with Gasteiger partial charge < -0.3 is 9.73 Å². The Morgan fingerprint density at radius 1 is 1.23 bits per heavy atom. The van der Waals surface area contributed by atoms with Crippen LogP contribution >= 0.6 is 11.3 Å². The maximum absolute atomic E-state index is 12.4. The Hall–Kier alpha value is -3.80. The molecule has 0 bridgehead atoms. The summed E-state index contributed by atoms with van der Waals surface area (Å²) in [5.74, 6) is 2.02. The minimum Gasteiger partial charge on any atom is -0.446 e. The summed E-state index contributed by atoms with van der Waals surface area (Å²) in [4.78, 5) is 35.6.